The van der Waals surface area contributed by atoms with Crippen LogP contribution in [0.3, 0.4) is 0 Å². The van der Waals surface area contributed by atoms with Crippen molar-refractivity contribution in [2.24, 2.45) is 7.05 Å². The molecule has 0 saturated carbocycles. The summed E-state index contributed by atoms with van der Waals surface area (Å²) in [6, 6.07) is 0. The molecule has 0 spiro atoms. The van der Waals surface area contributed by atoms with Gasteiger partial charge in [-0.2, -0.15) is 5.10 Å². The first kappa shape index (κ1) is 15.1. The number of nitrogens with one attached hydrogen (secondary N) is 1. The van der Waals surface area contributed by atoms with Gasteiger partial charge in [0, 0.05) is 25.0 Å². The highest BCUT2D eigenvalue weighted by Gasteiger charge is 2.21. The molecule has 0 fully saturated rings. The Balaban J connectivity index is 2.14. The highest BCUT2D eigenvalue weighted by molar-refractivity contribution is 7.89. The lowest BCUT2D eigenvalue weighted by atomic mass is 10.3. The van der Waals surface area contributed by atoms with Crippen molar-refractivity contribution < 1.29 is 18.3 Å². The first-order chi connectivity index (χ1) is 9.81. The van der Waals surface area contributed by atoms with Gasteiger partial charge in [0.15, 0.2) is 5.03 Å². The molecule has 0 aliphatic heterocycles. The summed E-state index contributed by atoms with van der Waals surface area (Å²) in [5.41, 5.74) is 0.455. The molecule has 21 heavy (non-hydrogen) atoms. The molecule has 0 aliphatic rings. The largest absolute Gasteiger partial charge is 0.478 e. The van der Waals surface area contributed by atoms with E-state index in [0.717, 1.165) is 12.4 Å². The number of aromatic carboxylic acids is 1. The monoisotopic (exact) mass is 311 g/mol. The predicted octanol–water partition coefficient (Wildman–Crippen LogP) is -0.305. The molecule has 2 aromatic rings. The number of carboxylic acid groups (broad SMARTS) is 1. The average Bonchev–Trinajstić information content (AvgIpc) is 2.77. The Labute approximate surface area is 120 Å². The summed E-state index contributed by atoms with van der Waals surface area (Å²) in [7, 11) is -2.22. The normalized spacial score (nSPS) is 11.5. The molecule has 0 aliphatic carbocycles. The fraction of sp³-hybridized carbons (Fsp3) is 0.273. The number of rotatable bonds is 5. The number of aryl methyl sites for hydroxylation is 2. The maximum absolute atomic E-state index is 12.2. The summed E-state index contributed by atoms with van der Waals surface area (Å²) in [5, 5.41) is 12.6. The van der Waals surface area contributed by atoms with Crippen LogP contribution in [0.4, 0.5) is 0 Å². The van der Waals surface area contributed by atoms with Crippen LogP contribution in [0, 0.1) is 6.92 Å². The number of sulfonamides is 1. The van der Waals surface area contributed by atoms with Crippen LogP contribution in [0.15, 0.2) is 23.6 Å². The Kier molecular flexibility index (Phi) is 4.00. The first-order valence-corrected chi connectivity index (χ1v) is 7.32. The highest BCUT2D eigenvalue weighted by atomic mass is 32.2. The summed E-state index contributed by atoms with van der Waals surface area (Å²) in [6.07, 6.45) is 3.69. The van der Waals surface area contributed by atoms with E-state index in [-0.39, 0.29) is 23.0 Å². The fourth-order valence-corrected chi connectivity index (χ4v) is 3.03. The van der Waals surface area contributed by atoms with Gasteiger partial charge in [0.05, 0.1) is 18.3 Å². The summed E-state index contributed by atoms with van der Waals surface area (Å²) in [6.45, 7) is 1.49. The lowest BCUT2D eigenvalue weighted by Crippen LogP contribution is -2.27. The van der Waals surface area contributed by atoms with E-state index < -0.39 is 16.0 Å². The van der Waals surface area contributed by atoms with Crippen LogP contribution in [0.25, 0.3) is 0 Å². The molecule has 0 saturated heterocycles. The van der Waals surface area contributed by atoms with Gasteiger partial charge < -0.3 is 5.11 Å². The molecule has 0 radical (unpaired) electrons. The van der Waals surface area contributed by atoms with Gasteiger partial charge in [-0.25, -0.2) is 27.9 Å². The molecule has 0 unspecified atom stereocenters. The van der Waals surface area contributed by atoms with Gasteiger partial charge in [0.25, 0.3) is 10.0 Å². The van der Waals surface area contributed by atoms with Crippen molar-refractivity contribution in [3.8, 4) is 0 Å². The third-order valence-electron chi connectivity index (χ3n) is 2.68. The second-order valence-corrected chi connectivity index (χ2v) is 5.96. The van der Waals surface area contributed by atoms with Crippen molar-refractivity contribution in [1.29, 1.82) is 0 Å². The van der Waals surface area contributed by atoms with Crippen molar-refractivity contribution in [3.63, 3.8) is 0 Å². The van der Waals surface area contributed by atoms with E-state index in [2.05, 4.69) is 19.8 Å². The van der Waals surface area contributed by atoms with Crippen LogP contribution < -0.4 is 4.72 Å². The Bertz CT molecular complexity index is 747. The van der Waals surface area contributed by atoms with Crippen LogP contribution >= 0.6 is 0 Å². The van der Waals surface area contributed by atoms with Gasteiger partial charge in [-0.3, -0.25) is 4.68 Å². The van der Waals surface area contributed by atoms with Crippen LogP contribution in [0.5, 0.6) is 0 Å². The second kappa shape index (κ2) is 5.58. The van der Waals surface area contributed by atoms with E-state index in [1.54, 1.807) is 6.92 Å². The van der Waals surface area contributed by atoms with Gasteiger partial charge in [0.2, 0.25) is 0 Å². The molecule has 112 valence electrons. The van der Waals surface area contributed by atoms with Gasteiger partial charge in [-0.05, 0) is 6.92 Å². The number of carbonyl (C=O) groups is 1. The van der Waals surface area contributed by atoms with Gasteiger partial charge in [0.1, 0.15) is 5.82 Å². The Hall–Kier alpha value is -2.33. The van der Waals surface area contributed by atoms with E-state index in [1.165, 1.54) is 17.9 Å². The van der Waals surface area contributed by atoms with Crippen LogP contribution in [-0.2, 0) is 23.6 Å². The lowest BCUT2D eigenvalue weighted by Gasteiger charge is -2.07. The van der Waals surface area contributed by atoms with Gasteiger partial charge in [-0.1, -0.05) is 0 Å². The minimum absolute atomic E-state index is 0.0599. The molecular formula is C11H13N5O4S. The van der Waals surface area contributed by atoms with Crippen molar-refractivity contribution >= 4 is 16.0 Å². The van der Waals surface area contributed by atoms with Crippen LogP contribution in [-0.4, -0.2) is 39.2 Å². The molecule has 0 atom stereocenters. The maximum atomic E-state index is 12.2. The van der Waals surface area contributed by atoms with Crippen LogP contribution in [0.1, 0.15) is 21.7 Å². The molecule has 2 N–H and O–H groups in total. The summed E-state index contributed by atoms with van der Waals surface area (Å²) in [4.78, 5) is 18.2. The van der Waals surface area contributed by atoms with E-state index in [9.17, 15) is 13.2 Å². The highest BCUT2D eigenvalue weighted by Crippen LogP contribution is 2.12. The molecule has 2 rings (SSSR count). The minimum Gasteiger partial charge on any atom is -0.478 e. The van der Waals surface area contributed by atoms with Crippen molar-refractivity contribution in [1.82, 2.24) is 24.5 Å². The Morgan fingerprint density at radius 1 is 1.33 bits per heavy atom. The maximum Gasteiger partial charge on any atom is 0.338 e. The molecule has 2 aromatic heterocycles. The number of carboxylic acids is 1. The summed E-state index contributed by atoms with van der Waals surface area (Å²) >= 11 is 0. The Morgan fingerprint density at radius 2 is 1.95 bits per heavy atom. The molecule has 0 aromatic carbocycles. The van der Waals surface area contributed by atoms with Gasteiger partial charge >= 0.3 is 5.97 Å². The number of aromatic nitrogens is 4. The van der Waals surface area contributed by atoms with E-state index in [4.69, 9.17) is 5.11 Å². The molecule has 2 heterocycles. The van der Waals surface area contributed by atoms with Gasteiger partial charge in [-0.15, -0.1) is 0 Å². The quantitative estimate of drug-likeness (QED) is 0.775. The first-order valence-electron chi connectivity index (χ1n) is 5.84. The number of hydrogen-bond donors (Lipinski definition) is 2. The summed E-state index contributed by atoms with van der Waals surface area (Å²) in [5.74, 6) is -0.976. The molecule has 9 nitrogen and oxygen atoms in total. The standard InChI is InChI=1S/C11H13N5O4S/c1-7-3-14-16(2)10(7)21(19,20)15-6-9-12-4-8(5-13-9)11(17)18/h3-5,15H,6H2,1-2H3,(H,17,18). The summed E-state index contributed by atoms with van der Waals surface area (Å²) < 4.78 is 27.9. The van der Waals surface area contributed by atoms with E-state index in [0.29, 0.717) is 5.56 Å². The third-order valence-corrected chi connectivity index (χ3v) is 4.30. The molecule has 0 bridgehead atoms. The number of nitrogens with zero attached hydrogens (tertiary/aromatic N) is 4. The van der Waals surface area contributed by atoms with Crippen LogP contribution in [0.2, 0.25) is 0 Å². The van der Waals surface area contributed by atoms with E-state index in [1.807, 2.05) is 0 Å². The fourth-order valence-electron chi connectivity index (χ4n) is 1.71. The number of hydrogen-bond acceptors (Lipinski definition) is 6. The zero-order valence-electron chi connectivity index (χ0n) is 11.3. The topological polar surface area (TPSA) is 127 Å². The van der Waals surface area contributed by atoms with Crippen molar-refractivity contribution in [3.05, 3.63) is 35.5 Å². The lowest BCUT2D eigenvalue weighted by molar-refractivity contribution is 0.0696. The average molecular weight is 311 g/mol. The molecule has 0 amide bonds. The van der Waals surface area contributed by atoms with E-state index >= 15 is 0 Å². The second-order valence-electron chi connectivity index (χ2n) is 4.27. The molecular weight excluding hydrogens is 298 g/mol. The molecule has 10 heteroatoms. The van der Waals surface area contributed by atoms with Crippen molar-refractivity contribution in [2.45, 2.75) is 18.5 Å². The minimum atomic E-state index is -3.75. The smallest absolute Gasteiger partial charge is 0.338 e. The Morgan fingerprint density at radius 3 is 2.43 bits per heavy atom. The third kappa shape index (κ3) is 3.23. The SMILES string of the molecule is Cc1cnn(C)c1S(=O)(=O)NCc1ncc(C(=O)O)cn1. The zero-order valence-corrected chi connectivity index (χ0v) is 12.1. The van der Waals surface area contributed by atoms with Crippen molar-refractivity contribution in [2.75, 3.05) is 0 Å². The zero-order chi connectivity index (χ0) is 15.6. The predicted molar refractivity (Wildman–Crippen MR) is 71.0 cm³/mol.